The molecule has 0 aliphatic heterocycles. The van der Waals surface area contributed by atoms with E-state index in [9.17, 15) is 4.79 Å². The Hall–Kier alpha value is -2.23. The van der Waals surface area contributed by atoms with E-state index in [4.69, 9.17) is 0 Å². The Morgan fingerprint density at radius 3 is 2.39 bits per heavy atom. The molecule has 0 unspecified atom stereocenters. The summed E-state index contributed by atoms with van der Waals surface area (Å²) in [5.74, 6) is 1.18. The molecule has 0 fully saturated rings. The fraction of sp³-hybridized carbons (Fsp3) is 0.214. The lowest BCUT2D eigenvalue weighted by molar-refractivity contribution is 0.112. The normalized spacial score (nSPS) is 10.2. The Morgan fingerprint density at radius 1 is 1.11 bits per heavy atom. The average molecular weight is 241 g/mol. The van der Waals surface area contributed by atoms with Gasteiger partial charge in [-0.05, 0) is 44.0 Å². The van der Waals surface area contributed by atoms with Gasteiger partial charge < -0.3 is 5.32 Å². The Labute approximate surface area is 106 Å². The van der Waals surface area contributed by atoms with Gasteiger partial charge >= 0.3 is 0 Å². The van der Waals surface area contributed by atoms with Gasteiger partial charge in [0.05, 0.1) is 5.56 Å². The van der Waals surface area contributed by atoms with E-state index >= 15 is 0 Å². The number of carbonyl (C=O) groups is 1. The molecule has 18 heavy (non-hydrogen) atoms. The first-order valence-corrected chi connectivity index (χ1v) is 5.72. The summed E-state index contributed by atoms with van der Waals surface area (Å²) < 4.78 is 0. The van der Waals surface area contributed by atoms with Crippen LogP contribution < -0.4 is 5.32 Å². The first-order valence-electron chi connectivity index (χ1n) is 5.72. The molecule has 0 saturated heterocycles. The van der Waals surface area contributed by atoms with E-state index in [1.165, 1.54) is 6.20 Å². The van der Waals surface area contributed by atoms with Gasteiger partial charge in [0.1, 0.15) is 11.6 Å². The topological polar surface area (TPSA) is 54.9 Å². The highest BCUT2D eigenvalue weighted by molar-refractivity contribution is 5.83. The molecule has 1 aromatic carbocycles. The minimum atomic E-state index is 0.458. The third-order valence-electron chi connectivity index (χ3n) is 2.55. The van der Waals surface area contributed by atoms with Gasteiger partial charge in [-0.1, -0.05) is 6.07 Å². The van der Waals surface area contributed by atoms with Crippen LogP contribution in [0, 0.1) is 20.8 Å². The number of benzene rings is 1. The van der Waals surface area contributed by atoms with Gasteiger partial charge in [-0.25, -0.2) is 9.97 Å². The van der Waals surface area contributed by atoms with Crippen LogP contribution in [-0.4, -0.2) is 16.3 Å². The van der Waals surface area contributed by atoms with E-state index in [2.05, 4.69) is 21.4 Å². The highest BCUT2D eigenvalue weighted by Gasteiger charge is 2.05. The standard InChI is InChI=1S/C14H15N3O/c1-9-4-10(2)6-13(5-9)17-14-12(8-18)7-15-11(3)16-14/h4-8H,1-3H3,(H,15,16,17). The van der Waals surface area contributed by atoms with E-state index in [1.807, 2.05) is 26.0 Å². The summed E-state index contributed by atoms with van der Waals surface area (Å²) in [6.45, 7) is 5.86. The number of nitrogens with zero attached hydrogens (tertiary/aromatic N) is 2. The van der Waals surface area contributed by atoms with E-state index < -0.39 is 0 Å². The number of hydrogen-bond donors (Lipinski definition) is 1. The molecule has 0 bridgehead atoms. The SMILES string of the molecule is Cc1cc(C)cc(Nc2nc(C)ncc2C=O)c1. The minimum Gasteiger partial charge on any atom is -0.340 e. The Balaban J connectivity index is 2.38. The molecule has 0 saturated carbocycles. The monoisotopic (exact) mass is 241 g/mol. The van der Waals surface area contributed by atoms with Gasteiger partial charge in [0.25, 0.3) is 0 Å². The van der Waals surface area contributed by atoms with E-state index in [0.717, 1.165) is 23.1 Å². The number of anilines is 2. The molecule has 1 heterocycles. The zero-order valence-corrected chi connectivity index (χ0v) is 10.7. The lowest BCUT2D eigenvalue weighted by Crippen LogP contribution is -2.02. The highest BCUT2D eigenvalue weighted by Crippen LogP contribution is 2.20. The van der Waals surface area contributed by atoms with Crippen molar-refractivity contribution in [2.24, 2.45) is 0 Å². The second kappa shape index (κ2) is 4.96. The number of nitrogens with one attached hydrogen (secondary N) is 1. The predicted octanol–water partition coefficient (Wildman–Crippen LogP) is 2.96. The van der Waals surface area contributed by atoms with Crippen LogP contribution in [0.3, 0.4) is 0 Å². The van der Waals surface area contributed by atoms with Crippen molar-refractivity contribution >= 4 is 17.8 Å². The van der Waals surface area contributed by atoms with Crippen LogP contribution in [0.25, 0.3) is 0 Å². The van der Waals surface area contributed by atoms with Crippen LogP contribution in [0.1, 0.15) is 27.3 Å². The fourth-order valence-corrected chi connectivity index (χ4v) is 1.85. The molecule has 0 amide bonds. The van der Waals surface area contributed by atoms with Crippen LogP contribution in [0.2, 0.25) is 0 Å². The number of aldehydes is 1. The maximum Gasteiger partial charge on any atom is 0.155 e. The molecule has 0 aliphatic carbocycles. The molecule has 1 aromatic heterocycles. The first kappa shape index (κ1) is 12.2. The number of hydrogen-bond acceptors (Lipinski definition) is 4. The van der Waals surface area contributed by atoms with Crippen LogP contribution in [-0.2, 0) is 0 Å². The van der Waals surface area contributed by atoms with Crippen LogP contribution in [0.15, 0.2) is 24.4 Å². The second-order valence-electron chi connectivity index (χ2n) is 4.34. The number of rotatable bonds is 3. The largest absolute Gasteiger partial charge is 0.340 e. The van der Waals surface area contributed by atoms with Gasteiger partial charge in [0.2, 0.25) is 0 Å². The summed E-state index contributed by atoms with van der Waals surface area (Å²) in [4.78, 5) is 19.2. The first-order chi connectivity index (χ1) is 8.58. The highest BCUT2D eigenvalue weighted by atomic mass is 16.1. The summed E-state index contributed by atoms with van der Waals surface area (Å²) in [7, 11) is 0. The van der Waals surface area contributed by atoms with Gasteiger partial charge in [0.15, 0.2) is 6.29 Å². The zero-order chi connectivity index (χ0) is 13.1. The van der Waals surface area contributed by atoms with Gasteiger partial charge in [-0.2, -0.15) is 0 Å². The number of aromatic nitrogens is 2. The quantitative estimate of drug-likeness (QED) is 0.839. The maximum atomic E-state index is 10.9. The van der Waals surface area contributed by atoms with Gasteiger partial charge in [-0.15, -0.1) is 0 Å². The molecule has 4 nitrogen and oxygen atoms in total. The Bertz CT molecular complexity index is 573. The van der Waals surface area contributed by atoms with Gasteiger partial charge in [0, 0.05) is 11.9 Å². The molecule has 0 spiro atoms. The van der Waals surface area contributed by atoms with Crippen molar-refractivity contribution in [1.29, 1.82) is 0 Å². The molecular weight excluding hydrogens is 226 g/mol. The third kappa shape index (κ3) is 2.71. The average Bonchev–Trinajstić information content (AvgIpc) is 2.27. The van der Waals surface area contributed by atoms with Crippen molar-refractivity contribution in [3.63, 3.8) is 0 Å². The number of aryl methyl sites for hydroxylation is 3. The van der Waals surface area contributed by atoms with Crippen molar-refractivity contribution in [2.75, 3.05) is 5.32 Å². The van der Waals surface area contributed by atoms with Crippen molar-refractivity contribution < 1.29 is 4.79 Å². The smallest absolute Gasteiger partial charge is 0.155 e. The third-order valence-corrected chi connectivity index (χ3v) is 2.55. The molecule has 0 radical (unpaired) electrons. The van der Waals surface area contributed by atoms with Crippen molar-refractivity contribution in [2.45, 2.75) is 20.8 Å². The lowest BCUT2D eigenvalue weighted by atomic mass is 10.1. The van der Waals surface area contributed by atoms with E-state index in [0.29, 0.717) is 17.2 Å². The Kier molecular flexibility index (Phi) is 3.37. The molecule has 2 aromatic rings. The zero-order valence-electron chi connectivity index (χ0n) is 10.7. The predicted molar refractivity (Wildman–Crippen MR) is 71.4 cm³/mol. The molecule has 2 rings (SSSR count). The van der Waals surface area contributed by atoms with Crippen molar-refractivity contribution in [3.8, 4) is 0 Å². The summed E-state index contributed by atoms with van der Waals surface area (Å²) in [6, 6.07) is 6.12. The molecule has 92 valence electrons. The molecule has 1 N–H and O–H groups in total. The van der Waals surface area contributed by atoms with Crippen LogP contribution in [0.5, 0.6) is 0 Å². The molecule has 0 atom stereocenters. The molecule has 4 heteroatoms. The van der Waals surface area contributed by atoms with Crippen molar-refractivity contribution in [1.82, 2.24) is 9.97 Å². The maximum absolute atomic E-state index is 10.9. The van der Waals surface area contributed by atoms with Crippen LogP contribution >= 0.6 is 0 Å². The summed E-state index contributed by atoms with van der Waals surface area (Å²) in [5, 5.41) is 3.16. The van der Waals surface area contributed by atoms with Crippen LogP contribution in [0.4, 0.5) is 11.5 Å². The van der Waals surface area contributed by atoms with E-state index in [1.54, 1.807) is 6.92 Å². The van der Waals surface area contributed by atoms with Gasteiger partial charge in [-0.3, -0.25) is 4.79 Å². The fourth-order valence-electron chi connectivity index (χ4n) is 1.85. The summed E-state index contributed by atoms with van der Waals surface area (Å²) in [5.41, 5.74) is 3.71. The minimum absolute atomic E-state index is 0.458. The molecule has 0 aliphatic rings. The second-order valence-corrected chi connectivity index (χ2v) is 4.34. The molecular formula is C14H15N3O. The Morgan fingerprint density at radius 2 is 1.78 bits per heavy atom. The van der Waals surface area contributed by atoms with Crippen molar-refractivity contribution in [3.05, 3.63) is 46.9 Å². The summed E-state index contributed by atoms with van der Waals surface area (Å²) >= 11 is 0. The number of carbonyl (C=O) groups excluding carboxylic acids is 1. The van der Waals surface area contributed by atoms with E-state index in [-0.39, 0.29) is 0 Å². The summed E-state index contributed by atoms with van der Waals surface area (Å²) in [6.07, 6.45) is 2.28. The lowest BCUT2D eigenvalue weighted by Gasteiger charge is -2.09.